The molecule has 0 unspecified atom stereocenters. The van der Waals surface area contributed by atoms with Crippen molar-refractivity contribution in [3.63, 3.8) is 0 Å². The summed E-state index contributed by atoms with van der Waals surface area (Å²) >= 11 is 0. The van der Waals surface area contributed by atoms with Crippen molar-refractivity contribution in [1.29, 1.82) is 0 Å². The van der Waals surface area contributed by atoms with Gasteiger partial charge in [-0.3, -0.25) is 9.52 Å². The van der Waals surface area contributed by atoms with Crippen LogP contribution in [0.5, 0.6) is 0 Å². The Bertz CT molecular complexity index is 593. The lowest BCUT2D eigenvalue weighted by atomic mass is 10.0. The molecule has 0 aliphatic heterocycles. The van der Waals surface area contributed by atoms with Crippen molar-refractivity contribution in [3.8, 4) is 0 Å². The van der Waals surface area contributed by atoms with E-state index >= 15 is 0 Å². The first-order valence-corrected chi connectivity index (χ1v) is 8.18. The third-order valence-corrected chi connectivity index (χ3v) is 4.58. The molecule has 0 fully saturated rings. The normalized spacial score (nSPS) is 14.1. The third kappa shape index (κ3) is 4.67. The van der Waals surface area contributed by atoms with Crippen molar-refractivity contribution in [2.75, 3.05) is 5.75 Å². The van der Waals surface area contributed by atoms with Crippen LogP contribution in [0.1, 0.15) is 50.7 Å². The SMILES string of the molecule is Cc1cc([C@@H](C)C(=O)NS(=O)(=O)CC(C)(C)C)c(C)o1. The lowest BCUT2D eigenvalue weighted by Gasteiger charge is -2.19. The number of carbonyl (C=O) groups excluding carboxylic acids is 1. The first-order chi connectivity index (χ1) is 8.91. The number of carbonyl (C=O) groups is 1. The topological polar surface area (TPSA) is 76.4 Å². The Kier molecular flexibility index (Phi) is 4.69. The summed E-state index contributed by atoms with van der Waals surface area (Å²) in [4.78, 5) is 12.1. The number of furan rings is 1. The molecule has 0 aliphatic rings. The van der Waals surface area contributed by atoms with Gasteiger partial charge in [-0.15, -0.1) is 0 Å². The molecule has 0 radical (unpaired) electrons. The van der Waals surface area contributed by atoms with Crippen molar-refractivity contribution in [1.82, 2.24) is 4.72 Å². The average Bonchev–Trinajstić information content (AvgIpc) is 2.51. The Morgan fingerprint density at radius 2 is 1.90 bits per heavy atom. The minimum Gasteiger partial charge on any atom is -0.466 e. The maximum Gasteiger partial charge on any atom is 0.240 e. The minimum atomic E-state index is -3.63. The number of sulfonamides is 1. The summed E-state index contributed by atoms with van der Waals surface area (Å²) in [5, 5.41) is 0. The lowest BCUT2D eigenvalue weighted by molar-refractivity contribution is -0.120. The molecule has 0 saturated heterocycles. The fraction of sp³-hybridized carbons (Fsp3) is 0.643. The van der Waals surface area contributed by atoms with Gasteiger partial charge in [0, 0.05) is 5.56 Å². The number of amides is 1. The van der Waals surface area contributed by atoms with Crippen LogP contribution < -0.4 is 4.72 Å². The van der Waals surface area contributed by atoms with Crippen molar-refractivity contribution >= 4 is 15.9 Å². The number of hydrogen-bond acceptors (Lipinski definition) is 4. The van der Waals surface area contributed by atoms with E-state index in [0.29, 0.717) is 17.1 Å². The standard InChI is InChI=1S/C14H23NO4S/c1-9-7-12(11(3)19-9)10(2)13(16)15-20(17,18)8-14(4,5)6/h7,10H,8H2,1-6H3,(H,15,16)/t10-/m1/s1. The molecular weight excluding hydrogens is 278 g/mol. The predicted octanol–water partition coefficient (Wildman–Crippen LogP) is 2.49. The van der Waals surface area contributed by atoms with Crippen molar-refractivity contribution in [2.45, 2.75) is 47.5 Å². The van der Waals surface area contributed by atoms with Gasteiger partial charge in [0.2, 0.25) is 15.9 Å². The van der Waals surface area contributed by atoms with Gasteiger partial charge in [-0.2, -0.15) is 0 Å². The smallest absolute Gasteiger partial charge is 0.240 e. The fourth-order valence-electron chi connectivity index (χ4n) is 2.07. The molecule has 0 aliphatic carbocycles. The molecule has 5 nitrogen and oxygen atoms in total. The molecule has 1 rings (SSSR count). The van der Waals surface area contributed by atoms with Crippen LogP contribution >= 0.6 is 0 Å². The zero-order valence-corrected chi connectivity index (χ0v) is 13.7. The van der Waals surface area contributed by atoms with Gasteiger partial charge >= 0.3 is 0 Å². The average molecular weight is 301 g/mol. The molecule has 1 atom stereocenters. The highest BCUT2D eigenvalue weighted by Gasteiger charge is 2.27. The number of rotatable bonds is 4. The molecule has 0 saturated carbocycles. The predicted molar refractivity (Wildman–Crippen MR) is 78.0 cm³/mol. The highest BCUT2D eigenvalue weighted by molar-refractivity contribution is 7.90. The van der Waals surface area contributed by atoms with E-state index in [-0.39, 0.29) is 5.75 Å². The van der Waals surface area contributed by atoms with Crippen LogP contribution in [0.2, 0.25) is 0 Å². The van der Waals surface area contributed by atoms with Gasteiger partial charge in [-0.05, 0) is 32.3 Å². The van der Waals surface area contributed by atoms with Crippen molar-refractivity contribution < 1.29 is 17.6 Å². The minimum absolute atomic E-state index is 0.0954. The molecule has 114 valence electrons. The Balaban J connectivity index is 2.84. The van der Waals surface area contributed by atoms with E-state index in [1.807, 2.05) is 20.8 Å². The third-order valence-electron chi connectivity index (χ3n) is 2.82. The van der Waals surface area contributed by atoms with Crippen LogP contribution in [0, 0.1) is 19.3 Å². The van der Waals surface area contributed by atoms with Gasteiger partial charge < -0.3 is 4.42 Å². The Labute approximate surface area is 120 Å². The molecule has 6 heteroatoms. The van der Waals surface area contributed by atoms with Gasteiger partial charge in [0.15, 0.2) is 0 Å². The maximum absolute atomic E-state index is 12.1. The summed E-state index contributed by atoms with van der Waals surface area (Å²) in [6, 6.07) is 1.76. The van der Waals surface area contributed by atoms with E-state index in [9.17, 15) is 13.2 Å². The van der Waals surface area contributed by atoms with Crippen LogP contribution in [-0.2, 0) is 14.8 Å². The molecule has 1 amide bonds. The van der Waals surface area contributed by atoms with Gasteiger partial charge in [-0.25, -0.2) is 8.42 Å². The van der Waals surface area contributed by atoms with Gasteiger partial charge in [-0.1, -0.05) is 20.8 Å². The Morgan fingerprint density at radius 3 is 2.30 bits per heavy atom. The van der Waals surface area contributed by atoms with Crippen molar-refractivity contribution in [2.24, 2.45) is 5.41 Å². The summed E-state index contributed by atoms with van der Waals surface area (Å²) in [6.45, 7) is 10.6. The van der Waals surface area contributed by atoms with Crippen LogP contribution in [0.15, 0.2) is 10.5 Å². The van der Waals surface area contributed by atoms with E-state index in [4.69, 9.17) is 4.42 Å². The van der Waals surface area contributed by atoms with E-state index in [2.05, 4.69) is 4.72 Å². The molecule has 1 aromatic rings. The summed E-state index contributed by atoms with van der Waals surface area (Å²) in [6.07, 6.45) is 0. The number of hydrogen-bond donors (Lipinski definition) is 1. The van der Waals surface area contributed by atoms with E-state index < -0.39 is 27.3 Å². The largest absolute Gasteiger partial charge is 0.466 e. The first kappa shape index (κ1) is 16.8. The van der Waals surface area contributed by atoms with Gasteiger partial charge in [0.1, 0.15) is 11.5 Å². The highest BCUT2D eigenvalue weighted by Crippen LogP contribution is 2.24. The van der Waals surface area contributed by atoms with Crippen LogP contribution in [-0.4, -0.2) is 20.1 Å². The second-order valence-electron chi connectivity index (χ2n) is 6.38. The van der Waals surface area contributed by atoms with E-state index in [0.717, 1.165) is 0 Å². The molecule has 0 spiro atoms. The van der Waals surface area contributed by atoms with Gasteiger partial charge in [0.05, 0.1) is 11.7 Å². The molecule has 1 N–H and O–H groups in total. The molecule has 0 aromatic carbocycles. The summed E-state index contributed by atoms with van der Waals surface area (Å²) < 4.78 is 31.4. The quantitative estimate of drug-likeness (QED) is 0.927. The monoisotopic (exact) mass is 301 g/mol. The molecule has 1 aromatic heterocycles. The maximum atomic E-state index is 12.1. The van der Waals surface area contributed by atoms with Crippen LogP contribution in [0.25, 0.3) is 0 Å². The van der Waals surface area contributed by atoms with Gasteiger partial charge in [0.25, 0.3) is 0 Å². The second kappa shape index (κ2) is 5.60. The van der Waals surface area contributed by atoms with Crippen LogP contribution in [0.3, 0.4) is 0 Å². The number of nitrogens with one attached hydrogen (secondary N) is 1. The van der Waals surface area contributed by atoms with Crippen LogP contribution in [0.4, 0.5) is 0 Å². The zero-order valence-electron chi connectivity index (χ0n) is 12.9. The number of aryl methyl sites for hydroxylation is 2. The second-order valence-corrected chi connectivity index (χ2v) is 8.10. The molecule has 1 heterocycles. The summed E-state index contributed by atoms with van der Waals surface area (Å²) in [5.74, 6) is 0.149. The van der Waals surface area contributed by atoms with E-state index in [1.165, 1.54) is 0 Å². The summed E-state index contributed by atoms with van der Waals surface area (Å²) in [5.41, 5.74) is 0.309. The summed E-state index contributed by atoms with van der Waals surface area (Å²) in [7, 11) is -3.63. The lowest BCUT2D eigenvalue weighted by Crippen LogP contribution is -2.38. The van der Waals surface area contributed by atoms with E-state index in [1.54, 1.807) is 26.8 Å². The highest BCUT2D eigenvalue weighted by atomic mass is 32.2. The first-order valence-electron chi connectivity index (χ1n) is 6.52. The Morgan fingerprint density at radius 1 is 1.35 bits per heavy atom. The Hall–Kier alpha value is -1.30. The molecule has 20 heavy (non-hydrogen) atoms. The molecule has 0 bridgehead atoms. The zero-order chi connectivity index (χ0) is 15.7. The fourth-order valence-corrected chi connectivity index (χ4v) is 3.77. The van der Waals surface area contributed by atoms with Crippen molar-refractivity contribution in [3.05, 3.63) is 23.2 Å². The molecular formula is C14H23NO4S.